The molecule has 86 valence electrons. The minimum Gasteiger partial charge on any atom is -0.338 e. The molecule has 0 spiro atoms. The van der Waals surface area contributed by atoms with Crippen LogP contribution in [0, 0.1) is 5.82 Å². The highest BCUT2D eigenvalue weighted by Crippen LogP contribution is 2.23. The summed E-state index contributed by atoms with van der Waals surface area (Å²) in [5.74, 6) is -0.107. The highest BCUT2D eigenvalue weighted by molar-refractivity contribution is 9.10. The van der Waals surface area contributed by atoms with Crippen molar-refractivity contribution in [3.05, 3.63) is 34.1 Å². The molecule has 0 bridgehead atoms. The molecule has 1 aliphatic heterocycles. The second-order valence-corrected chi connectivity index (χ2v) is 4.78. The fourth-order valence-electron chi connectivity index (χ4n) is 1.91. The number of hydrogen-bond acceptors (Lipinski definition) is 1. The number of carbonyl (C=O) groups is 1. The van der Waals surface area contributed by atoms with Gasteiger partial charge in [-0.3, -0.25) is 4.79 Å². The zero-order valence-corrected chi connectivity index (χ0v) is 10.5. The fourth-order valence-corrected chi connectivity index (χ4v) is 2.29. The molecule has 0 aliphatic carbocycles. The summed E-state index contributed by atoms with van der Waals surface area (Å²) in [6.45, 7) is 1.28. The van der Waals surface area contributed by atoms with Crippen LogP contribution in [0.2, 0.25) is 0 Å². The van der Waals surface area contributed by atoms with Gasteiger partial charge in [-0.1, -0.05) is 12.1 Å². The van der Waals surface area contributed by atoms with Gasteiger partial charge in [0, 0.05) is 19.5 Å². The number of halogens is 2. The standard InChI is InChI=1S/C12H13BrFNO/c13-12-9(4-3-5-10(12)14)8-15-7-2-1-6-11(15)16/h3-5H,1-2,6-8H2. The molecule has 0 radical (unpaired) electrons. The van der Waals surface area contributed by atoms with E-state index in [-0.39, 0.29) is 11.7 Å². The largest absolute Gasteiger partial charge is 0.338 e. The first-order valence-corrected chi connectivity index (χ1v) is 6.18. The normalized spacial score (nSPS) is 16.6. The third-order valence-electron chi connectivity index (χ3n) is 2.81. The molecule has 1 saturated heterocycles. The Kier molecular flexibility index (Phi) is 3.59. The van der Waals surface area contributed by atoms with Gasteiger partial charge in [-0.25, -0.2) is 4.39 Å². The predicted octanol–water partition coefficient (Wildman–Crippen LogP) is 3.10. The number of piperidine rings is 1. The SMILES string of the molecule is O=C1CCCCN1Cc1cccc(F)c1Br. The van der Waals surface area contributed by atoms with E-state index in [1.165, 1.54) is 6.07 Å². The van der Waals surface area contributed by atoms with E-state index in [0.717, 1.165) is 24.9 Å². The lowest BCUT2D eigenvalue weighted by Gasteiger charge is -2.27. The number of hydrogen-bond donors (Lipinski definition) is 0. The molecule has 2 rings (SSSR count). The van der Waals surface area contributed by atoms with Crippen LogP contribution in [0.3, 0.4) is 0 Å². The molecule has 1 fully saturated rings. The molecule has 0 saturated carbocycles. The summed E-state index contributed by atoms with van der Waals surface area (Å²) >= 11 is 3.21. The van der Waals surface area contributed by atoms with Crippen LogP contribution in [0.1, 0.15) is 24.8 Å². The Bertz CT molecular complexity index is 408. The first-order chi connectivity index (χ1) is 7.68. The van der Waals surface area contributed by atoms with E-state index in [0.29, 0.717) is 17.4 Å². The average molecular weight is 286 g/mol. The van der Waals surface area contributed by atoms with E-state index in [1.54, 1.807) is 11.0 Å². The van der Waals surface area contributed by atoms with Gasteiger partial charge >= 0.3 is 0 Å². The number of benzene rings is 1. The monoisotopic (exact) mass is 285 g/mol. The van der Waals surface area contributed by atoms with Gasteiger partial charge in [-0.05, 0) is 40.4 Å². The number of nitrogens with zero attached hydrogens (tertiary/aromatic N) is 1. The van der Waals surface area contributed by atoms with Gasteiger partial charge in [0.15, 0.2) is 0 Å². The Hall–Kier alpha value is -0.900. The molecule has 2 nitrogen and oxygen atoms in total. The van der Waals surface area contributed by atoms with Crippen LogP contribution in [-0.2, 0) is 11.3 Å². The van der Waals surface area contributed by atoms with Gasteiger partial charge < -0.3 is 4.90 Å². The van der Waals surface area contributed by atoms with Crippen molar-refractivity contribution in [2.75, 3.05) is 6.54 Å². The highest BCUT2D eigenvalue weighted by Gasteiger charge is 2.19. The second kappa shape index (κ2) is 4.95. The maximum absolute atomic E-state index is 13.3. The zero-order chi connectivity index (χ0) is 11.5. The number of likely N-dealkylation sites (tertiary alicyclic amines) is 1. The minimum atomic E-state index is -0.276. The van der Waals surface area contributed by atoms with Gasteiger partial charge in [0.2, 0.25) is 5.91 Å². The maximum Gasteiger partial charge on any atom is 0.222 e. The van der Waals surface area contributed by atoms with Crippen LogP contribution in [-0.4, -0.2) is 17.4 Å². The Morgan fingerprint density at radius 1 is 1.38 bits per heavy atom. The highest BCUT2D eigenvalue weighted by atomic mass is 79.9. The van der Waals surface area contributed by atoms with E-state index < -0.39 is 0 Å². The van der Waals surface area contributed by atoms with Crippen LogP contribution < -0.4 is 0 Å². The summed E-state index contributed by atoms with van der Waals surface area (Å²) in [6, 6.07) is 4.92. The molecular formula is C12H13BrFNO. The average Bonchev–Trinajstić information content (AvgIpc) is 2.28. The van der Waals surface area contributed by atoms with Gasteiger partial charge in [0.25, 0.3) is 0 Å². The van der Waals surface area contributed by atoms with Crippen molar-refractivity contribution in [2.45, 2.75) is 25.8 Å². The predicted molar refractivity (Wildman–Crippen MR) is 63.4 cm³/mol. The summed E-state index contributed by atoms with van der Waals surface area (Å²) in [5, 5.41) is 0. The van der Waals surface area contributed by atoms with E-state index in [9.17, 15) is 9.18 Å². The molecule has 4 heteroatoms. The van der Waals surface area contributed by atoms with Crippen molar-refractivity contribution in [2.24, 2.45) is 0 Å². The minimum absolute atomic E-state index is 0.169. The van der Waals surface area contributed by atoms with Crippen LogP contribution >= 0.6 is 15.9 Å². The Morgan fingerprint density at radius 2 is 2.19 bits per heavy atom. The van der Waals surface area contributed by atoms with E-state index in [2.05, 4.69) is 15.9 Å². The summed E-state index contributed by atoms with van der Waals surface area (Å²) < 4.78 is 13.7. The van der Waals surface area contributed by atoms with Crippen molar-refractivity contribution in [3.63, 3.8) is 0 Å². The van der Waals surface area contributed by atoms with Crippen molar-refractivity contribution in [3.8, 4) is 0 Å². The molecule has 1 amide bonds. The zero-order valence-electron chi connectivity index (χ0n) is 8.88. The molecule has 1 heterocycles. The smallest absolute Gasteiger partial charge is 0.222 e. The number of rotatable bonds is 2. The van der Waals surface area contributed by atoms with Crippen LogP contribution in [0.5, 0.6) is 0 Å². The first-order valence-electron chi connectivity index (χ1n) is 5.39. The number of amides is 1. The van der Waals surface area contributed by atoms with E-state index >= 15 is 0 Å². The molecule has 1 aliphatic rings. The second-order valence-electron chi connectivity index (χ2n) is 3.99. The Balaban J connectivity index is 2.14. The van der Waals surface area contributed by atoms with Crippen molar-refractivity contribution < 1.29 is 9.18 Å². The quantitative estimate of drug-likeness (QED) is 0.818. The Labute approximate surface area is 103 Å². The lowest BCUT2D eigenvalue weighted by molar-refractivity contribution is -0.133. The topological polar surface area (TPSA) is 20.3 Å². The van der Waals surface area contributed by atoms with E-state index in [4.69, 9.17) is 0 Å². The third kappa shape index (κ3) is 2.43. The van der Waals surface area contributed by atoms with Crippen LogP contribution in [0.15, 0.2) is 22.7 Å². The molecule has 0 aromatic heterocycles. The molecule has 0 atom stereocenters. The van der Waals surface area contributed by atoms with Crippen LogP contribution in [0.4, 0.5) is 4.39 Å². The molecule has 16 heavy (non-hydrogen) atoms. The van der Waals surface area contributed by atoms with Gasteiger partial charge in [0.05, 0.1) is 4.47 Å². The van der Waals surface area contributed by atoms with E-state index in [1.807, 2.05) is 6.07 Å². The maximum atomic E-state index is 13.3. The Morgan fingerprint density at radius 3 is 2.94 bits per heavy atom. The lowest BCUT2D eigenvalue weighted by Crippen LogP contribution is -2.34. The molecular weight excluding hydrogens is 273 g/mol. The van der Waals surface area contributed by atoms with Crippen molar-refractivity contribution in [1.82, 2.24) is 4.90 Å². The molecule has 0 N–H and O–H groups in total. The number of carbonyl (C=O) groups excluding carboxylic acids is 1. The summed E-state index contributed by atoms with van der Waals surface area (Å²) in [4.78, 5) is 13.4. The first kappa shape index (κ1) is 11.6. The molecule has 1 aromatic rings. The molecule has 0 unspecified atom stereocenters. The van der Waals surface area contributed by atoms with Crippen molar-refractivity contribution in [1.29, 1.82) is 0 Å². The van der Waals surface area contributed by atoms with Crippen LogP contribution in [0.25, 0.3) is 0 Å². The van der Waals surface area contributed by atoms with Gasteiger partial charge in [0.1, 0.15) is 5.82 Å². The lowest BCUT2D eigenvalue weighted by atomic mass is 10.1. The fraction of sp³-hybridized carbons (Fsp3) is 0.417. The van der Waals surface area contributed by atoms with Crippen molar-refractivity contribution >= 4 is 21.8 Å². The summed E-state index contributed by atoms with van der Waals surface area (Å²) in [7, 11) is 0. The summed E-state index contributed by atoms with van der Waals surface area (Å²) in [6.07, 6.45) is 2.63. The molecule has 1 aromatic carbocycles. The van der Waals surface area contributed by atoms with Gasteiger partial charge in [-0.15, -0.1) is 0 Å². The summed E-state index contributed by atoms with van der Waals surface area (Å²) in [5.41, 5.74) is 0.829. The van der Waals surface area contributed by atoms with Gasteiger partial charge in [-0.2, -0.15) is 0 Å². The third-order valence-corrected chi connectivity index (χ3v) is 3.70.